The first-order valence-corrected chi connectivity index (χ1v) is 6.97. The van der Waals surface area contributed by atoms with Crippen molar-refractivity contribution in [2.24, 2.45) is 0 Å². The van der Waals surface area contributed by atoms with Crippen LogP contribution in [0.25, 0.3) is 0 Å². The zero-order chi connectivity index (χ0) is 17.5. The summed E-state index contributed by atoms with van der Waals surface area (Å²) in [6.07, 6.45) is 0.439. The average molecular weight is 342 g/mol. The molecule has 0 aromatic heterocycles. The highest BCUT2D eigenvalue weighted by Crippen LogP contribution is 2.16. The van der Waals surface area contributed by atoms with E-state index in [1.54, 1.807) is 12.1 Å². The van der Waals surface area contributed by atoms with Gasteiger partial charge in [0.2, 0.25) is 0 Å². The van der Waals surface area contributed by atoms with E-state index in [1.165, 1.54) is 12.1 Å². The summed E-state index contributed by atoms with van der Waals surface area (Å²) in [5.74, 6) is -1.57. The smallest absolute Gasteiger partial charge is 0.387 e. The maximum atomic E-state index is 13.4. The second-order valence-electron chi connectivity index (χ2n) is 4.78. The molecule has 0 fully saturated rings. The molecule has 0 heterocycles. The van der Waals surface area contributed by atoms with E-state index in [0.717, 1.165) is 17.7 Å². The van der Waals surface area contributed by atoms with Crippen molar-refractivity contribution in [2.75, 3.05) is 11.9 Å². The van der Waals surface area contributed by atoms with Gasteiger partial charge in [-0.3, -0.25) is 0 Å². The lowest BCUT2D eigenvalue weighted by Gasteiger charge is -2.09. The maximum absolute atomic E-state index is 13.4. The quantitative estimate of drug-likeness (QED) is 0.782. The number of anilines is 1. The second-order valence-corrected chi connectivity index (χ2v) is 4.78. The molecule has 0 spiro atoms. The van der Waals surface area contributed by atoms with Crippen molar-refractivity contribution in [1.29, 1.82) is 0 Å². The summed E-state index contributed by atoms with van der Waals surface area (Å²) in [6.45, 7) is -2.64. The van der Waals surface area contributed by atoms with E-state index in [9.17, 15) is 22.4 Å². The van der Waals surface area contributed by atoms with Crippen LogP contribution in [-0.4, -0.2) is 19.2 Å². The Morgan fingerprint density at radius 1 is 1.08 bits per heavy atom. The van der Waals surface area contributed by atoms with Gasteiger partial charge in [-0.1, -0.05) is 12.1 Å². The minimum atomic E-state index is -2.88. The SMILES string of the molecule is O=C(NCCc1ccc(OC(F)F)cc1)Nc1ccc(F)cc1F. The molecule has 0 aliphatic heterocycles. The summed E-state index contributed by atoms with van der Waals surface area (Å²) in [4.78, 5) is 11.6. The molecular weight excluding hydrogens is 328 g/mol. The Balaban J connectivity index is 1.78. The van der Waals surface area contributed by atoms with Crippen molar-refractivity contribution in [3.63, 3.8) is 0 Å². The zero-order valence-corrected chi connectivity index (χ0v) is 12.4. The third kappa shape index (κ3) is 5.45. The summed E-state index contributed by atoms with van der Waals surface area (Å²) >= 11 is 0. The number of carbonyl (C=O) groups is 1. The molecule has 128 valence electrons. The van der Waals surface area contributed by atoms with E-state index >= 15 is 0 Å². The Morgan fingerprint density at radius 3 is 2.42 bits per heavy atom. The second kappa shape index (κ2) is 8.19. The van der Waals surface area contributed by atoms with Gasteiger partial charge in [0.15, 0.2) is 0 Å². The van der Waals surface area contributed by atoms with Gasteiger partial charge in [0.25, 0.3) is 0 Å². The molecule has 24 heavy (non-hydrogen) atoms. The van der Waals surface area contributed by atoms with Crippen LogP contribution in [0.4, 0.5) is 28.0 Å². The molecule has 8 heteroatoms. The standard InChI is InChI=1S/C16H14F4N2O2/c17-11-3-6-14(13(18)9-11)22-16(23)21-8-7-10-1-4-12(5-2-10)24-15(19)20/h1-6,9,15H,7-8H2,(H2,21,22,23). The van der Waals surface area contributed by atoms with Gasteiger partial charge in [-0.2, -0.15) is 8.78 Å². The van der Waals surface area contributed by atoms with Gasteiger partial charge in [0, 0.05) is 12.6 Å². The number of benzene rings is 2. The molecule has 0 atom stereocenters. The summed E-state index contributed by atoms with van der Waals surface area (Å²) in [5, 5.41) is 4.77. The van der Waals surface area contributed by atoms with Gasteiger partial charge in [-0.15, -0.1) is 0 Å². The number of alkyl halides is 2. The fraction of sp³-hybridized carbons (Fsp3) is 0.188. The maximum Gasteiger partial charge on any atom is 0.387 e. The Morgan fingerprint density at radius 2 is 1.79 bits per heavy atom. The van der Waals surface area contributed by atoms with Crippen molar-refractivity contribution < 1.29 is 27.1 Å². The fourth-order valence-corrected chi connectivity index (χ4v) is 1.92. The Kier molecular flexibility index (Phi) is 6.00. The van der Waals surface area contributed by atoms with E-state index in [1.807, 2.05) is 0 Å². The predicted molar refractivity (Wildman–Crippen MR) is 80.2 cm³/mol. The summed E-state index contributed by atoms with van der Waals surface area (Å²) in [7, 11) is 0. The molecule has 0 saturated carbocycles. The fourth-order valence-electron chi connectivity index (χ4n) is 1.92. The van der Waals surface area contributed by atoms with Gasteiger partial charge in [0.05, 0.1) is 5.69 Å². The Labute approximate surface area is 135 Å². The van der Waals surface area contributed by atoms with Gasteiger partial charge in [0.1, 0.15) is 17.4 Å². The first kappa shape index (κ1) is 17.6. The van der Waals surface area contributed by atoms with Crippen LogP contribution in [0.15, 0.2) is 42.5 Å². The number of carbonyl (C=O) groups excluding carboxylic acids is 1. The third-order valence-corrected chi connectivity index (χ3v) is 3.03. The van der Waals surface area contributed by atoms with Crippen molar-refractivity contribution in [3.05, 3.63) is 59.7 Å². The summed E-state index contributed by atoms with van der Waals surface area (Å²) in [6, 6.07) is 8.16. The number of hydrogen-bond acceptors (Lipinski definition) is 2. The highest BCUT2D eigenvalue weighted by atomic mass is 19.3. The molecule has 0 aliphatic rings. The molecule has 2 aromatic rings. The zero-order valence-electron chi connectivity index (χ0n) is 12.4. The number of rotatable bonds is 6. The number of amides is 2. The van der Waals surface area contributed by atoms with Crippen LogP contribution in [0.3, 0.4) is 0 Å². The van der Waals surface area contributed by atoms with Gasteiger partial charge < -0.3 is 15.4 Å². The largest absolute Gasteiger partial charge is 0.435 e. The minimum Gasteiger partial charge on any atom is -0.435 e. The van der Waals surface area contributed by atoms with Crippen molar-refractivity contribution in [2.45, 2.75) is 13.0 Å². The van der Waals surface area contributed by atoms with Crippen molar-refractivity contribution in [3.8, 4) is 5.75 Å². The molecule has 0 radical (unpaired) electrons. The molecule has 0 saturated heterocycles. The number of urea groups is 1. The minimum absolute atomic E-state index is 0.0474. The van der Waals surface area contributed by atoms with Crippen LogP contribution in [0.1, 0.15) is 5.56 Å². The van der Waals surface area contributed by atoms with Crippen LogP contribution in [-0.2, 0) is 6.42 Å². The van der Waals surface area contributed by atoms with Crippen LogP contribution < -0.4 is 15.4 Å². The number of hydrogen-bond donors (Lipinski definition) is 2. The highest BCUT2D eigenvalue weighted by molar-refractivity contribution is 5.89. The lowest BCUT2D eigenvalue weighted by atomic mass is 10.1. The summed E-state index contributed by atoms with van der Waals surface area (Å²) < 4.78 is 54.4. The molecular formula is C16H14F4N2O2. The molecule has 2 N–H and O–H groups in total. The average Bonchev–Trinajstić information content (AvgIpc) is 2.51. The van der Waals surface area contributed by atoms with E-state index in [4.69, 9.17) is 0 Å². The van der Waals surface area contributed by atoms with Gasteiger partial charge in [-0.25, -0.2) is 13.6 Å². The first-order valence-electron chi connectivity index (χ1n) is 6.97. The van der Waals surface area contributed by atoms with Crippen LogP contribution in [0, 0.1) is 11.6 Å². The molecule has 0 unspecified atom stereocenters. The predicted octanol–water partition coefficient (Wildman–Crippen LogP) is 3.93. The molecule has 2 aromatic carbocycles. The lowest BCUT2D eigenvalue weighted by molar-refractivity contribution is -0.0498. The van der Waals surface area contributed by atoms with Crippen LogP contribution >= 0.6 is 0 Å². The topological polar surface area (TPSA) is 50.4 Å². The number of halogens is 4. The van der Waals surface area contributed by atoms with Crippen molar-refractivity contribution >= 4 is 11.7 Å². The third-order valence-electron chi connectivity index (χ3n) is 3.03. The number of nitrogens with one attached hydrogen (secondary N) is 2. The first-order chi connectivity index (χ1) is 11.4. The molecule has 2 amide bonds. The number of ether oxygens (including phenoxy) is 1. The molecule has 0 bridgehead atoms. The monoisotopic (exact) mass is 342 g/mol. The van der Waals surface area contributed by atoms with Crippen LogP contribution in [0.5, 0.6) is 5.75 Å². The van der Waals surface area contributed by atoms with E-state index in [0.29, 0.717) is 12.5 Å². The van der Waals surface area contributed by atoms with E-state index in [-0.39, 0.29) is 18.0 Å². The lowest BCUT2D eigenvalue weighted by Crippen LogP contribution is -2.30. The van der Waals surface area contributed by atoms with Crippen molar-refractivity contribution in [1.82, 2.24) is 5.32 Å². The van der Waals surface area contributed by atoms with Crippen LogP contribution in [0.2, 0.25) is 0 Å². The normalized spacial score (nSPS) is 10.5. The highest BCUT2D eigenvalue weighted by Gasteiger charge is 2.08. The Bertz CT molecular complexity index is 693. The van der Waals surface area contributed by atoms with Gasteiger partial charge in [-0.05, 0) is 36.2 Å². The van der Waals surface area contributed by atoms with E-state index < -0.39 is 24.3 Å². The summed E-state index contributed by atoms with van der Waals surface area (Å²) in [5.41, 5.74) is 0.660. The molecule has 4 nitrogen and oxygen atoms in total. The van der Waals surface area contributed by atoms with E-state index in [2.05, 4.69) is 15.4 Å². The molecule has 2 rings (SSSR count). The Hall–Kier alpha value is -2.77. The molecule has 0 aliphatic carbocycles. The van der Waals surface area contributed by atoms with Gasteiger partial charge >= 0.3 is 12.6 Å².